The van der Waals surface area contributed by atoms with Gasteiger partial charge < -0.3 is 10.1 Å². The lowest BCUT2D eigenvalue weighted by Crippen LogP contribution is -2.62. The van der Waals surface area contributed by atoms with E-state index in [0.717, 1.165) is 25.0 Å². The molecule has 1 saturated heterocycles. The van der Waals surface area contributed by atoms with Gasteiger partial charge in [-0.3, -0.25) is 0 Å². The molecule has 19 heavy (non-hydrogen) atoms. The summed E-state index contributed by atoms with van der Waals surface area (Å²) in [6, 6.07) is 0.560. The molecule has 1 saturated carbocycles. The van der Waals surface area contributed by atoms with Crippen LogP contribution in [0.3, 0.4) is 0 Å². The average molecular weight is 267 g/mol. The molecule has 112 valence electrons. The fourth-order valence-electron chi connectivity index (χ4n) is 3.77. The Hall–Kier alpha value is -0.0800. The van der Waals surface area contributed by atoms with E-state index in [0.29, 0.717) is 11.5 Å². The Balaban J connectivity index is 1.94. The van der Waals surface area contributed by atoms with E-state index in [1.165, 1.54) is 32.1 Å². The molecule has 0 aromatic carbocycles. The van der Waals surface area contributed by atoms with E-state index in [2.05, 4.69) is 39.9 Å². The third-order valence-corrected chi connectivity index (χ3v) is 5.67. The molecular formula is C17H33NO. The van der Waals surface area contributed by atoms with Crippen LogP contribution < -0.4 is 5.32 Å². The van der Waals surface area contributed by atoms with Crippen molar-refractivity contribution in [3.8, 4) is 0 Å². The van der Waals surface area contributed by atoms with Crippen molar-refractivity contribution in [1.29, 1.82) is 0 Å². The zero-order chi connectivity index (χ0) is 14.1. The van der Waals surface area contributed by atoms with Crippen molar-refractivity contribution < 1.29 is 4.74 Å². The second-order valence-corrected chi connectivity index (χ2v) is 8.07. The first kappa shape index (κ1) is 15.3. The predicted octanol–water partition coefficient (Wildman–Crippen LogP) is 4.00. The molecule has 2 nitrogen and oxygen atoms in total. The quantitative estimate of drug-likeness (QED) is 0.816. The number of nitrogens with one attached hydrogen (secondary N) is 1. The Morgan fingerprint density at radius 1 is 1.26 bits per heavy atom. The van der Waals surface area contributed by atoms with E-state index in [-0.39, 0.29) is 5.54 Å². The van der Waals surface area contributed by atoms with Gasteiger partial charge >= 0.3 is 0 Å². The van der Waals surface area contributed by atoms with Gasteiger partial charge in [0.1, 0.15) is 0 Å². The number of morpholine rings is 1. The van der Waals surface area contributed by atoms with Crippen molar-refractivity contribution in [2.45, 2.75) is 78.3 Å². The SMILES string of the molecule is CCC(C)[C@H]1COCC2(CCC(C(C)(C)C)CC2)N1. The first-order valence-electron chi connectivity index (χ1n) is 8.22. The Morgan fingerprint density at radius 3 is 2.42 bits per heavy atom. The number of ether oxygens (including phenoxy) is 1. The second-order valence-electron chi connectivity index (χ2n) is 8.07. The zero-order valence-corrected chi connectivity index (χ0v) is 13.6. The van der Waals surface area contributed by atoms with E-state index >= 15 is 0 Å². The predicted molar refractivity (Wildman–Crippen MR) is 81.3 cm³/mol. The van der Waals surface area contributed by atoms with Crippen LogP contribution in [0.2, 0.25) is 0 Å². The summed E-state index contributed by atoms with van der Waals surface area (Å²) in [6.07, 6.45) is 6.53. The minimum absolute atomic E-state index is 0.286. The molecule has 1 aliphatic carbocycles. The molecule has 0 aromatic rings. The van der Waals surface area contributed by atoms with Gasteiger partial charge in [0.2, 0.25) is 0 Å². The van der Waals surface area contributed by atoms with Crippen molar-refractivity contribution in [3.05, 3.63) is 0 Å². The van der Waals surface area contributed by atoms with Gasteiger partial charge in [-0.15, -0.1) is 0 Å². The summed E-state index contributed by atoms with van der Waals surface area (Å²) in [5.41, 5.74) is 0.751. The lowest BCUT2D eigenvalue weighted by molar-refractivity contribution is -0.0423. The smallest absolute Gasteiger partial charge is 0.0649 e. The third-order valence-electron chi connectivity index (χ3n) is 5.67. The van der Waals surface area contributed by atoms with Crippen LogP contribution in [0, 0.1) is 17.3 Å². The summed E-state index contributed by atoms with van der Waals surface area (Å²) < 4.78 is 5.96. The van der Waals surface area contributed by atoms with Gasteiger partial charge in [0, 0.05) is 11.6 Å². The second kappa shape index (κ2) is 5.73. The maximum atomic E-state index is 5.96. The van der Waals surface area contributed by atoms with Crippen LogP contribution in [0.5, 0.6) is 0 Å². The molecule has 1 heterocycles. The summed E-state index contributed by atoms with van der Waals surface area (Å²) in [4.78, 5) is 0. The minimum atomic E-state index is 0.286. The molecule has 2 aliphatic rings. The molecular weight excluding hydrogens is 234 g/mol. The minimum Gasteiger partial charge on any atom is -0.378 e. The average Bonchev–Trinajstić information content (AvgIpc) is 2.37. The van der Waals surface area contributed by atoms with Gasteiger partial charge in [-0.1, -0.05) is 41.0 Å². The maximum Gasteiger partial charge on any atom is 0.0649 e. The van der Waals surface area contributed by atoms with Crippen LogP contribution >= 0.6 is 0 Å². The zero-order valence-electron chi connectivity index (χ0n) is 13.6. The molecule has 2 rings (SSSR count). The van der Waals surface area contributed by atoms with Crippen LogP contribution in [0.25, 0.3) is 0 Å². The molecule has 1 spiro atoms. The van der Waals surface area contributed by atoms with Crippen LogP contribution in [0.1, 0.15) is 66.7 Å². The highest BCUT2D eigenvalue weighted by Gasteiger charge is 2.42. The normalized spacial score (nSPS) is 38.4. The topological polar surface area (TPSA) is 21.3 Å². The standard InChI is InChI=1S/C17H33NO/c1-6-13(2)15-11-19-12-17(18-15)9-7-14(8-10-17)16(3,4)5/h13-15,18H,6-12H2,1-5H3/t13?,14?,15-,17?/m1/s1. The highest BCUT2D eigenvalue weighted by atomic mass is 16.5. The van der Waals surface area contributed by atoms with E-state index in [9.17, 15) is 0 Å². The monoisotopic (exact) mass is 267 g/mol. The van der Waals surface area contributed by atoms with Gasteiger partial charge in [-0.05, 0) is 42.9 Å². The van der Waals surface area contributed by atoms with Crippen molar-refractivity contribution in [2.75, 3.05) is 13.2 Å². The summed E-state index contributed by atoms with van der Waals surface area (Å²) in [6.45, 7) is 13.6. The number of rotatable bonds is 2. The largest absolute Gasteiger partial charge is 0.378 e. The first-order valence-corrected chi connectivity index (χ1v) is 8.22. The van der Waals surface area contributed by atoms with Crippen molar-refractivity contribution in [2.24, 2.45) is 17.3 Å². The molecule has 2 atom stereocenters. The van der Waals surface area contributed by atoms with Gasteiger partial charge in [0.05, 0.1) is 13.2 Å². The Morgan fingerprint density at radius 2 is 1.89 bits per heavy atom. The summed E-state index contributed by atoms with van der Waals surface area (Å²) >= 11 is 0. The molecule has 0 radical (unpaired) electrons. The van der Waals surface area contributed by atoms with E-state index in [4.69, 9.17) is 4.74 Å². The van der Waals surface area contributed by atoms with Gasteiger partial charge in [0.25, 0.3) is 0 Å². The molecule has 1 N–H and O–H groups in total. The van der Waals surface area contributed by atoms with E-state index in [1.807, 2.05) is 0 Å². The highest BCUT2D eigenvalue weighted by molar-refractivity contribution is 4.99. The third kappa shape index (κ3) is 3.52. The molecule has 0 aromatic heterocycles. The number of hydrogen-bond acceptors (Lipinski definition) is 2. The molecule has 0 bridgehead atoms. The summed E-state index contributed by atoms with van der Waals surface area (Å²) in [5.74, 6) is 1.60. The molecule has 0 amide bonds. The highest BCUT2D eigenvalue weighted by Crippen LogP contribution is 2.42. The molecule has 1 aliphatic heterocycles. The molecule has 1 unspecified atom stereocenters. The van der Waals surface area contributed by atoms with Gasteiger partial charge in [0.15, 0.2) is 0 Å². The Bertz CT molecular complexity index is 286. The van der Waals surface area contributed by atoms with E-state index in [1.54, 1.807) is 0 Å². The van der Waals surface area contributed by atoms with Crippen LogP contribution in [0.15, 0.2) is 0 Å². The fraction of sp³-hybridized carbons (Fsp3) is 1.00. The fourth-order valence-corrected chi connectivity index (χ4v) is 3.77. The van der Waals surface area contributed by atoms with Crippen molar-refractivity contribution in [1.82, 2.24) is 5.32 Å². The lowest BCUT2D eigenvalue weighted by Gasteiger charge is -2.49. The number of hydrogen-bond donors (Lipinski definition) is 1. The Labute approximate surface area is 119 Å². The van der Waals surface area contributed by atoms with Gasteiger partial charge in [-0.2, -0.15) is 0 Å². The molecule has 2 heteroatoms. The van der Waals surface area contributed by atoms with Crippen LogP contribution in [-0.2, 0) is 4.74 Å². The van der Waals surface area contributed by atoms with Gasteiger partial charge in [-0.25, -0.2) is 0 Å². The summed E-state index contributed by atoms with van der Waals surface area (Å²) in [5, 5.41) is 3.97. The maximum absolute atomic E-state index is 5.96. The van der Waals surface area contributed by atoms with Crippen LogP contribution in [0.4, 0.5) is 0 Å². The van der Waals surface area contributed by atoms with E-state index < -0.39 is 0 Å². The van der Waals surface area contributed by atoms with Crippen molar-refractivity contribution >= 4 is 0 Å². The summed E-state index contributed by atoms with van der Waals surface area (Å²) in [7, 11) is 0. The van der Waals surface area contributed by atoms with Crippen molar-refractivity contribution in [3.63, 3.8) is 0 Å². The van der Waals surface area contributed by atoms with Crippen LogP contribution in [-0.4, -0.2) is 24.8 Å². The molecule has 2 fully saturated rings. The first-order chi connectivity index (χ1) is 8.86. The lowest BCUT2D eigenvalue weighted by atomic mass is 9.67. The Kier molecular flexibility index (Phi) is 4.62.